The number of ketones is 1. The second-order valence-electron chi connectivity index (χ2n) is 6.54. The second-order valence-corrected chi connectivity index (χ2v) is 8.62. The molecule has 0 spiro atoms. The summed E-state index contributed by atoms with van der Waals surface area (Å²) in [6.45, 7) is 6.41. The number of hydrogen-bond donors (Lipinski definition) is 1. The van der Waals surface area contributed by atoms with Gasteiger partial charge in [0.05, 0.1) is 16.6 Å². The first kappa shape index (κ1) is 26.2. The zero-order chi connectivity index (χ0) is 21.9. The van der Waals surface area contributed by atoms with Gasteiger partial charge in [0, 0.05) is 19.1 Å². The Balaban J connectivity index is 4.67. The number of Topliss-reactive ketones (excluding diaryl/α,β-unsaturated/α-hetero) is 1. The first-order chi connectivity index (χ1) is 12.8. The minimum atomic E-state index is -0.982. The molecule has 11 heteroatoms. The van der Waals surface area contributed by atoms with Crippen LogP contribution in [0.25, 0.3) is 0 Å². The fourth-order valence-electron chi connectivity index (χ4n) is 1.48. The fourth-order valence-corrected chi connectivity index (χ4v) is 2.30. The first-order valence-electron chi connectivity index (χ1n) is 8.36. The average molecular weight is 439 g/mol. The van der Waals surface area contributed by atoms with Crippen molar-refractivity contribution in [1.82, 2.24) is 0 Å². The lowest BCUT2D eigenvalue weighted by Crippen LogP contribution is -2.32. The van der Waals surface area contributed by atoms with Crippen LogP contribution in [-0.4, -0.2) is 53.1 Å². The molecular weight excluding hydrogens is 412 g/mol. The second kappa shape index (κ2) is 12.7. The molecule has 0 aliphatic carbocycles. The van der Waals surface area contributed by atoms with Gasteiger partial charge in [-0.05, 0) is 25.6 Å². The molecule has 0 bridgehead atoms. The Hall–Kier alpha value is -1.75. The van der Waals surface area contributed by atoms with Crippen molar-refractivity contribution in [3.8, 4) is 0 Å². The third kappa shape index (κ3) is 11.9. The van der Waals surface area contributed by atoms with Crippen molar-refractivity contribution in [2.75, 3.05) is 19.3 Å². The van der Waals surface area contributed by atoms with Crippen molar-refractivity contribution in [3.05, 3.63) is 0 Å². The molecule has 0 aromatic carbocycles. The molecule has 0 aromatic rings. The summed E-state index contributed by atoms with van der Waals surface area (Å²) in [6, 6.07) is 0. The van der Waals surface area contributed by atoms with Crippen molar-refractivity contribution in [3.63, 3.8) is 0 Å². The topological polar surface area (TPSA) is 122 Å². The Morgan fingerprint density at radius 3 is 1.96 bits per heavy atom. The average Bonchev–Trinajstić information content (AvgIpc) is 2.56. The quantitative estimate of drug-likeness (QED) is 0.292. The van der Waals surface area contributed by atoms with Crippen LogP contribution in [-0.2, 0) is 38.1 Å². The van der Waals surface area contributed by atoms with Gasteiger partial charge in [-0.1, -0.05) is 13.8 Å². The van der Waals surface area contributed by atoms with E-state index in [1.54, 1.807) is 27.7 Å². The number of thioether (sulfide) groups is 1. The van der Waals surface area contributed by atoms with E-state index in [9.17, 15) is 24.0 Å². The number of esters is 3. The zero-order valence-electron chi connectivity index (χ0n) is 16.5. The molecule has 0 unspecified atom stereocenters. The molecule has 0 amide bonds. The summed E-state index contributed by atoms with van der Waals surface area (Å²) in [5.41, 5.74) is 0. The minimum Gasteiger partial charge on any atom is -0.428 e. The van der Waals surface area contributed by atoms with Crippen LogP contribution in [0, 0.1) is 11.8 Å². The van der Waals surface area contributed by atoms with Crippen LogP contribution in [0.2, 0.25) is 0 Å². The maximum absolute atomic E-state index is 12.2. The van der Waals surface area contributed by atoms with Gasteiger partial charge in [0.15, 0.2) is 0 Å². The predicted octanol–water partition coefficient (Wildman–Crippen LogP) is 2.36. The molecule has 0 heterocycles. The highest BCUT2D eigenvalue weighted by Gasteiger charge is 2.31. The summed E-state index contributed by atoms with van der Waals surface area (Å²) in [5, 5.41) is -0.785. The predicted molar refractivity (Wildman–Crippen MR) is 104 cm³/mol. The van der Waals surface area contributed by atoms with Gasteiger partial charge in [-0.25, -0.2) is 4.79 Å². The summed E-state index contributed by atoms with van der Waals surface area (Å²) in [6.07, 6.45) is -0.224. The van der Waals surface area contributed by atoms with E-state index in [2.05, 4.69) is 17.4 Å². The van der Waals surface area contributed by atoms with Gasteiger partial charge in [-0.2, -0.15) is 12.6 Å². The third-order valence-corrected chi connectivity index (χ3v) is 4.33. The fraction of sp³-hybridized carbons (Fsp3) is 0.706. The smallest absolute Gasteiger partial charge is 0.370 e. The van der Waals surface area contributed by atoms with Crippen molar-refractivity contribution in [1.29, 1.82) is 0 Å². The van der Waals surface area contributed by atoms with E-state index < -0.39 is 47.5 Å². The van der Waals surface area contributed by atoms with Gasteiger partial charge in [-0.3, -0.25) is 19.2 Å². The van der Waals surface area contributed by atoms with Crippen molar-refractivity contribution in [2.45, 2.75) is 45.8 Å². The van der Waals surface area contributed by atoms with Crippen LogP contribution in [0.1, 0.15) is 41.0 Å². The Morgan fingerprint density at radius 2 is 1.46 bits per heavy atom. The Bertz CT molecular complexity index is 582. The minimum absolute atomic E-state index is 0.120. The van der Waals surface area contributed by atoms with Crippen LogP contribution in [0.5, 0.6) is 0 Å². The highest BCUT2D eigenvalue weighted by Crippen LogP contribution is 2.23. The first-order valence-corrected chi connectivity index (χ1v) is 9.79. The van der Waals surface area contributed by atoms with Crippen molar-refractivity contribution in [2.24, 2.45) is 11.8 Å². The van der Waals surface area contributed by atoms with Crippen LogP contribution in [0.3, 0.4) is 0 Å². The highest BCUT2D eigenvalue weighted by atomic mass is 32.2. The van der Waals surface area contributed by atoms with Crippen LogP contribution in [0.15, 0.2) is 0 Å². The summed E-state index contributed by atoms with van der Waals surface area (Å²) < 4.78 is 17.8. The molecular formula is C17H26O9S2. The summed E-state index contributed by atoms with van der Waals surface area (Å²) in [5.74, 6) is -3.75. The number of rotatable bonds is 11. The summed E-state index contributed by atoms with van der Waals surface area (Å²) in [4.78, 5) is 58.1. The van der Waals surface area contributed by atoms with E-state index in [4.69, 9.17) is 14.2 Å². The Labute approximate surface area is 173 Å². The molecule has 9 nitrogen and oxygen atoms in total. The molecule has 0 aliphatic heterocycles. The largest absolute Gasteiger partial charge is 0.428 e. The number of hydrogen-bond acceptors (Lipinski definition) is 11. The van der Waals surface area contributed by atoms with E-state index in [0.717, 1.165) is 6.92 Å². The highest BCUT2D eigenvalue weighted by molar-refractivity contribution is 8.13. The van der Waals surface area contributed by atoms with Gasteiger partial charge >= 0.3 is 23.2 Å². The van der Waals surface area contributed by atoms with E-state index >= 15 is 0 Å². The van der Waals surface area contributed by atoms with Gasteiger partial charge < -0.3 is 18.9 Å². The zero-order valence-corrected chi connectivity index (χ0v) is 18.2. The Kier molecular flexibility index (Phi) is 11.9. The summed E-state index contributed by atoms with van der Waals surface area (Å²) in [7, 11) is 0. The maximum atomic E-state index is 12.2. The molecule has 160 valence electrons. The number of thiol groups is 1. The van der Waals surface area contributed by atoms with Gasteiger partial charge in [0.1, 0.15) is 5.78 Å². The van der Waals surface area contributed by atoms with Crippen LogP contribution in [0.4, 0.5) is 4.79 Å². The van der Waals surface area contributed by atoms with E-state index in [1.165, 1.54) is 0 Å². The number of carbonyl (C=O) groups excluding carboxylic acids is 5. The normalized spacial score (nSPS) is 12.1. The van der Waals surface area contributed by atoms with E-state index in [1.807, 2.05) is 0 Å². The number of ether oxygens (including phenoxy) is 4. The van der Waals surface area contributed by atoms with Crippen molar-refractivity contribution < 1.29 is 42.9 Å². The number of carbonyl (C=O) groups is 5. The molecule has 0 radical (unpaired) electrons. The van der Waals surface area contributed by atoms with E-state index in [0.29, 0.717) is 11.8 Å². The monoisotopic (exact) mass is 438 g/mol. The molecule has 0 saturated carbocycles. The molecule has 28 heavy (non-hydrogen) atoms. The standard InChI is InChI=1S/C17H26O9S2/c1-10(2)14(20)24-9-26-16(22)28-7-12(6-13(19)17(4,5)27)15(21)25-8-23-11(3)18/h10,12,27H,6-9H2,1-5H3/t12-/m0/s1. The molecule has 0 aliphatic rings. The molecule has 0 N–H and O–H groups in total. The van der Waals surface area contributed by atoms with E-state index in [-0.39, 0.29) is 23.9 Å². The van der Waals surface area contributed by atoms with Gasteiger partial charge in [0.2, 0.25) is 13.6 Å². The molecule has 0 saturated heterocycles. The maximum Gasteiger partial charge on any atom is 0.370 e. The third-order valence-electron chi connectivity index (χ3n) is 3.16. The molecule has 0 aromatic heterocycles. The lowest BCUT2D eigenvalue weighted by atomic mass is 9.97. The molecule has 0 rings (SSSR count). The van der Waals surface area contributed by atoms with Crippen LogP contribution < -0.4 is 0 Å². The summed E-state index contributed by atoms with van der Waals surface area (Å²) >= 11 is 4.79. The van der Waals surface area contributed by atoms with Gasteiger partial charge in [0.25, 0.3) is 0 Å². The lowest BCUT2D eigenvalue weighted by molar-refractivity contribution is -0.169. The van der Waals surface area contributed by atoms with Crippen LogP contribution >= 0.6 is 24.4 Å². The lowest BCUT2D eigenvalue weighted by Gasteiger charge is -2.20. The SMILES string of the molecule is CC(=O)OCOC(=O)[C@H](CSC(=O)OCOC(=O)C(C)C)CC(=O)C(C)(C)S. The van der Waals surface area contributed by atoms with Gasteiger partial charge in [-0.15, -0.1) is 0 Å². The van der Waals surface area contributed by atoms with Crippen molar-refractivity contribution >= 4 is 53.4 Å². The molecule has 1 atom stereocenters. The molecule has 0 fully saturated rings. The Morgan fingerprint density at radius 1 is 0.929 bits per heavy atom.